The molecular weight excluding hydrogens is 420 g/mol. The zero-order valence-corrected chi connectivity index (χ0v) is 16.9. The van der Waals surface area contributed by atoms with Gasteiger partial charge in [0.05, 0.1) is 35.8 Å². The zero-order valence-electron chi connectivity index (χ0n) is 16.9. The molecule has 0 unspecified atom stereocenters. The zero-order chi connectivity index (χ0) is 18.9. The molecule has 0 atom stereocenters. The molecule has 1 aromatic rings. The number of quaternary nitrogens is 6. The van der Waals surface area contributed by atoms with Crippen LogP contribution in [-0.4, -0.2) is 35.8 Å². The van der Waals surface area contributed by atoms with Gasteiger partial charge in [-0.2, -0.15) is 0 Å². The molecule has 0 spiro atoms. The molecule has 0 fully saturated rings. The van der Waals surface area contributed by atoms with Gasteiger partial charge in [-0.25, -0.2) is 0 Å². The van der Waals surface area contributed by atoms with Crippen LogP contribution in [0.2, 0.25) is 0 Å². The van der Waals surface area contributed by atoms with E-state index < -0.39 is 69.2 Å². The highest BCUT2D eigenvalue weighted by Gasteiger charge is 2.27. The Morgan fingerprint density at radius 1 is 0.300 bits per heavy atom. The van der Waals surface area contributed by atoms with Crippen LogP contribution in [0.4, 0.5) is 0 Å². The van der Waals surface area contributed by atoms with Crippen LogP contribution in [0.3, 0.4) is 0 Å². The number of carbonyl (C=O) groups excluding carboxylic acids is 6. The molecule has 0 aliphatic carbocycles. The van der Waals surface area contributed by atoms with Crippen molar-refractivity contribution in [3.63, 3.8) is 0 Å². The Morgan fingerprint density at radius 2 is 0.367 bits per heavy atom. The van der Waals surface area contributed by atoms with E-state index in [0.29, 0.717) is 0 Å². The van der Waals surface area contributed by atoms with E-state index in [4.69, 9.17) is 0 Å². The van der Waals surface area contributed by atoms with Gasteiger partial charge in [0, 0.05) is 33.4 Å². The Bertz CT molecular complexity index is 655. The first-order valence-electron chi connectivity index (χ1n) is 5.45. The fraction of sp³-hybridized carbons (Fsp3) is 0. The molecule has 0 amide bonds. The molecule has 0 saturated heterocycles. The first kappa shape index (κ1) is 40.5. The van der Waals surface area contributed by atoms with Crippen LogP contribution in [0.5, 0.6) is 0 Å². The quantitative estimate of drug-likeness (QED) is 0.239. The third-order valence-electron chi connectivity index (χ3n) is 2.72. The van der Waals surface area contributed by atoms with Crippen LogP contribution in [0.15, 0.2) is 0 Å². The second-order valence-electron chi connectivity index (χ2n) is 3.97. The fourth-order valence-corrected chi connectivity index (χ4v) is 1.97. The molecule has 0 heterocycles. The maximum atomic E-state index is 11.0. The third kappa shape index (κ3) is 6.45. The lowest BCUT2D eigenvalue weighted by Crippen LogP contribution is -2.44. The van der Waals surface area contributed by atoms with Crippen LogP contribution >= 0.6 is 0 Å². The van der Waals surface area contributed by atoms with Crippen molar-refractivity contribution in [2.45, 2.75) is 0 Å². The smallest absolute Gasteiger partial charge is 0.0729 e. The average Bonchev–Trinajstić information content (AvgIpc) is 2.42. The highest BCUT2D eigenvalue weighted by atomic mass is 16.4. The number of hydrogen-bond acceptors (Lipinski definition) is 12. The van der Waals surface area contributed by atoms with E-state index in [0.717, 1.165) is 0 Å². The molecule has 0 radical (unpaired) electrons. The summed E-state index contributed by atoms with van der Waals surface area (Å²) in [7, 11) is 0. The van der Waals surface area contributed by atoms with Gasteiger partial charge in [-0.05, 0) is 0 Å². The molecule has 1 aromatic carbocycles. The number of benzene rings is 1. The maximum absolute atomic E-state index is 11.0. The lowest BCUT2D eigenvalue weighted by molar-refractivity contribution is -0.265. The first-order valence-corrected chi connectivity index (χ1v) is 5.45. The number of aromatic carboxylic acids is 6. The minimum Gasteiger partial charge on any atom is -0.545 e. The Morgan fingerprint density at radius 3 is 0.400 bits per heavy atom. The lowest BCUT2D eigenvalue weighted by Gasteiger charge is -2.28. The molecule has 0 bridgehead atoms. The molecule has 18 heteroatoms. The number of hydrogen-bond donors (Lipinski definition) is 6. The minimum atomic E-state index is -2.66. The Hall–Kier alpha value is -4.20. The van der Waals surface area contributed by atoms with E-state index in [2.05, 4.69) is 0 Å². The summed E-state index contributed by atoms with van der Waals surface area (Å²) in [5, 5.41) is 66.0. The molecular formula is C12H24N6O12. The summed E-state index contributed by atoms with van der Waals surface area (Å²) in [4.78, 5) is 66.0. The van der Waals surface area contributed by atoms with Gasteiger partial charge in [0.25, 0.3) is 0 Å². The summed E-state index contributed by atoms with van der Waals surface area (Å²) < 4.78 is 0. The van der Waals surface area contributed by atoms with E-state index in [1.54, 1.807) is 0 Å². The van der Waals surface area contributed by atoms with Crippen LogP contribution in [0, 0.1) is 0 Å². The van der Waals surface area contributed by atoms with Gasteiger partial charge in [0.15, 0.2) is 0 Å². The summed E-state index contributed by atoms with van der Waals surface area (Å²) in [5.74, 6) is -16.0. The first-order chi connectivity index (χ1) is 10.9. The maximum Gasteiger partial charge on any atom is 0.0729 e. The highest BCUT2D eigenvalue weighted by molar-refractivity contribution is 6.21. The summed E-state index contributed by atoms with van der Waals surface area (Å²) in [6.07, 6.45) is 0. The Kier molecular flexibility index (Phi) is 18.7. The van der Waals surface area contributed by atoms with Gasteiger partial charge >= 0.3 is 0 Å². The van der Waals surface area contributed by atoms with Crippen LogP contribution in [0.25, 0.3) is 0 Å². The predicted octanol–water partition coefficient (Wildman–Crippen LogP) is -5.88. The van der Waals surface area contributed by atoms with Crippen LogP contribution in [-0.2, 0) is 0 Å². The highest BCUT2D eigenvalue weighted by Crippen LogP contribution is 2.27. The summed E-state index contributed by atoms with van der Waals surface area (Å²) in [6, 6.07) is 0. The van der Waals surface area contributed by atoms with Crippen molar-refractivity contribution in [1.29, 1.82) is 0 Å². The largest absolute Gasteiger partial charge is 0.545 e. The van der Waals surface area contributed by atoms with Crippen molar-refractivity contribution in [2.75, 3.05) is 0 Å². The average molecular weight is 444 g/mol. The van der Waals surface area contributed by atoms with Gasteiger partial charge in [-0.1, -0.05) is 0 Å². The summed E-state index contributed by atoms with van der Waals surface area (Å²) in [5.41, 5.74) is -12.0. The van der Waals surface area contributed by atoms with Gasteiger partial charge in [-0.3, -0.25) is 0 Å². The molecule has 18 nitrogen and oxygen atoms in total. The van der Waals surface area contributed by atoms with E-state index in [1.165, 1.54) is 0 Å². The number of carbonyl (C=O) groups is 6. The van der Waals surface area contributed by atoms with Crippen LogP contribution in [0.1, 0.15) is 62.1 Å². The van der Waals surface area contributed by atoms with Crippen molar-refractivity contribution in [2.24, 2.45) is 0 Å². The molecule has 0 aliphatic rings. The standard InChI is InChI=1S/C12H6O12.6H3N/c13-7(14)1-2(8(15)16)4(10(19)20)6(12(23)24)5(11(21)22)3(1)9(17)18;;;;;;/h(H,13,14)(H,15,16)(H,17,18)(H,19,20)(H,21,22)(H,23,24);6*1H3. The van der Waals surface area contributed by atoms with Gasteiger partial charge in [0.2, 0.25) is 0 Å². The molecule has 1 rings (SSSR count). The molecule has 0 aliphatic heterocycles. The summed E-state index contributed by atoms with van der Waals surface area (Å²) in [6.45, 7) is 0. The topological polar surface area (TPSA) is 460 Å². The fourth-order valence-electron chi connectivity index (χ4n) is 1.97. The minimum absolute atomic E-state index is 0. The Balaban J connectivity index is -0.000000240. The monoisotopic (exact) mass is 444 g/mol. The normalized spacial score (nSPS) is 8.00. The van der Waals surface area contributed by atoms with Gasteiger partial charge < -0.3 is 96.3 Å². The SMILES string of the molecule is O=C([O-])c1c(C(=O)[O-])c(C(=O)[O-])c(C(=O)[O-])c(C(=O)[O-])c1C(=O)[O-].[NH4+].[NH4+].[NH4+].[NH4+].[NH4+].[NH4+]. The number of carboxylic acid groups (broad SMARTS) is 6. The van der Waals surface area contributed by atoms with Crippen molar-refractivity contribution >= 4 is 35.8 Å². The second kappa shape index (κ2) is 13.9. The Labute approximate surface area is 166 Å². The lowest BCUT2D eigenvalue weighted by atomic mass is 9.86. The molecule has 0 aromatic heterocycles. The van der Waals surface area contributed by atoms with Crippen LogP contribution < -0.4 is 67.5 Å². The van der Waals surface area contributed by atoms with E-state index in [9.17, 15) is 59.4 Å². The molecule has 174 valence electrons. The number of rotatable bonds is 6. The van der Waals surface area contributed by atoms with Crippen molar-refractivity contribution in [3.05, 3.63) is 33.4 Å². The van der Waals surface area contributed by atoms with E-state index >= 15 is 0 Å². The molecule has 30 heavy (non-hydrogen) atoms. The third-order valence-corrected chi connectivity index (χ3v) is 2.72. The van der Waals surface area contributed by atoms with Crippen molar-refractivity contribution in [1.82, 2.24) is 36.9 Å². The number of carboxylic acids is 6. The van der Waals surface area contributed by atoms with E-state index in [1.807, 2.05) is 0 Å². The van der Waals surface area contributed by atoms with Crippen molar-refractivity contribution < 1.29 is 59.4 Å². The molecule has 24 N–H and O–H groups in total. The molecule has 0 saturated carbocycles. The second-order valence-corrected chi connectivity index (χ2v) is 3.97. The predicted molar refractivity (Wildman–Crippen MR) is 88.3 cm³/mol. The summed E-state index contributed by atoms with van der Waals surface area (Å²) >= 11 is 0. The van der Waals surface area contributed by atoms with Crippen molar-refractivity contribution in [3.8, 4) is 0 Å². The van der Waals surface area contributed by atoms with Gasteiger partial charge in [0.1, 0.15) is 0 Å². The van der Waals surface area contributed by atoms with E-state index in [-0.39, 0.29) is 36.9 Å². The van der Waals surface area contributed by atoms with Gasteiger partial charge in [-0.15, -0.1) is 0 Å².